The van der Waals surface area contributed by atoms with Gasteiger partial charge < -0.3 is 15.0 Å². The third kappa shape index (κ3) is 2.99. The molecule has 6 nitrogen and oxygen atoms in total. The molecule has 6 heteroatoms. The standard InChI is InChI=1S/C18H17N3O3/c1-11-16(13-5-3-4-6-14(13)21-11)17(22)18(23)20-10-12-7-8-15(24-2)19-9-12/h3-9,21H,10H2,1-2H3,(H,20,23). The minimum absolute atomic E-state index is 0.225. The Hall–Kier alpha value is -3.15. The molecular formula is C18H17N3O3. The van der Waals surface area contributed by atoms with E-state index in [9.17, 15) is 9.59 Å². The summed E-state index contributed by atoms with van der Waals surface area (Å²) >= 11 is 0. The van der Waals surface area contributed by atoms with E-state index < -0.39 is 11.7 Å². The number of fused-ring (bicyclic) bond motifs is 1. The van der Waals surface area contributed by atoms with Crippen LogP contribution in [0, 0.1) is 6.92 Å². The fourth-order valence-electron chi connectivity index (χ4n) is 2.58. The Bertz CT molecular complexity index is 898. The van der Waals surface area contributed by atoms with Crippen LogP contribution in [-0.2, 0) is 11.3 Å². The number of para-hydroxylation sites is 1. The number of nitrogens with one attached hydrogen (secondary N) is 2. The predicted molar refractivity (Wildman–Crippen MR) is 90.0 cm³/mol. The number of aromatic amines is 1. The first-order valence-electron chi connectivity index (χ1n) is 7.49. The number of pyridine rings is 1. The average molecular weight is 323 g/mol. The van der Waals surface area contributed by atoms with Crippen molar-refractivity contribution < 1.29 is 14.3 Å². The number of H-pyrrole nitrogens is 1. The van der Waals surface area contributed by atoms with Crippen molar-refractivity contribution in [2.45, 2.75) is 13.5 Å². The van der Waals surface area contributed by atoms with Gasteiger partial charge in [-0.25, -0.2) is 4.98 Å². The number of carbonyl (C=O) groups excluding carboxylic acids is 2. The molecule has 3 rings (SSSR count). The highest BCUT2D eigenvalue weighted by Crippen LogP contribution is 2.22. The van der Waals surface area contributed by atoms with Crippen LogP contribution in [0.25, 0.3) is 10.9 Å². The Morgan fingerprint density at radius 3 is 2.71 bits per heavy atom. The molecule has 0 bridgehead atoms. The van der Waals surface area contributed by atoms with Crippen molar-refractivity contribution in [2.24, 2.45) is 0 Å². The van der Waals surface area contributed by atoms with Gasteiger partial charge >= 0.3 is 0 Å². The van der Waals surface area contributed by atoms with Crippen LogP contribution in [-0.4, -0.2) is 28.8 Å². The fourth-order valence-corrected chi connectivity index (χ4v) is 2.58. The second-order valence-corrected chi connectivity index (χ2v) is 5.39. The Balaban J connectivity index is 1.74. The molecule has 24 heavy (non-hydrogen) atoms. The highest BCUT2D eigenvalue weighted by molar-refractivity contribution is 6.45. The summed E-state index contributed by atoms with van der Waals surface area (Å²) in [7, 11) is 1.53. The van der Waals surface area contributed by atoms with E-state index in [-0.39, 0.29) is 6.54 Å². The van der Waals surface area contributed by atoms with Gasteiger partial charge in [-0.05, 0) is 18.6 Å². The molecule has 0 saturated carbocycles. The van der Waals surface area contributed by atoms with Crippen LogP contribution in [0.4, 0.5) is 0 Å². The first-order valence-corrected chi connectivity index (χ1v) is 7.49. The fraction of sp³-hybridized carbons (Fsp3) is 0.167. The molecule has 0 atom stereocenters. The molecule has 0 fully saturated rings. The monoisotopic (exact) mass is 323 g/mol. The molecule has 0 saturated heterocycles. The number of Topliss-reactive ketones (excluding diaryl/α,β-unsaturated/α-hetero) is 1. The first kappa shape index (κ1) is 15.7. The van der Waals surface area contributed by atoms with E-state index in [4.69, 9.17) is 4.74 Å². The molecule has 122 valence electrons. The zero-order valence-electron chi connectivity index (χ0n) is 13.4. The molecule has 0 aliphatic heterocycles. The van der Waals surface area contributed by atoms with Crippen molar-refractivity contribution in [3.05, 3.63) is 59.4 Å². The van der Waals surface area contributed by atoms with Crippen molar-refractivity contribution in [1.29, 1.82) is 0 Å². The zero-order valence-corrected chi connectivity index (χ0v) is 13.4. The van der Waals surface area contributed by atoms with Gasteiger partial charge in [0.15, 0.2) is 0 Å². The number of benzene rings is 1. The third-order valence-electron chi connectivity index (χ3n) is 3.79. The minimum atomic E-state index is -0.640. The van der Waals surface area contributed by atoms with Crippen molar-refractivity contribution in [3.63, 3.8) is 0 Å². The second-order valence-electron chi connectivity index (χ2n) is 5.39. The Morgan fingerprint density at radius 1 is 1.21 bits per heavy atom. The number of rotatable bonds is 5. The van der Waals surface area contributed by atoms with Crippen LogP contribution in [0.2, 0.25) is 0 Å². The highest BCUT2D eigenvalue weighted by atomic mass is 16.5. The van der Waals surface area contributed by atoms with E-state index in [1.54, 1.807) is 25.3 Å². The number of ketones is 1. The van der Waals surface area contributed by atoms with Gasteiger partial charge in [-0.3, -0.25) is 9.59 Å². The summed E-state index contributed by atoms with van der Waals surface area (Å²) in [5, 5.41) is 3.38. The molecule has 0 radical (unpaired) electrons. The molecule has 2 heterocycles. The summed E-state index contributed by atoms with van der Waals surface area (Å²) in [4.78, 5) is 31.9. The number of aromatic nitrogens is 2. The summed E-state index contributed by atoms with van der Waals surface area (Å²) in [6, 6.07) is 10.9. The Kier molecular flexibility index (Phi) is 4.29. The molecule has 1 amide bonds. The van der Waals surface area contributed by atoms with Crippen LogP contribution in [0.3, 0.4) is 0 Å². The second kappa shape index (κ2) is 6.54. The van der Waals surface area contributed by atoms with E-state index in [1.165, 1.54) is 7.11 Å². The molecule has 0 spiro atoms. The maximum absolute atomic E-state index is 12.5. The summed E-state index contributed by atoms with van der Waals surface area (Å²) in [6.07, 6.45) is 1.60. The lowest BCUT2D eigenvalue weighted by atomic mass is 10.1. The zero-order chi connectivity index (χ0) is 17.1. The molecular weight excluding hydrogens is 306 g/mol. The van der Waals surface area contributed by atoms with Crippen LogP contribution in [0.5, 0.6) is 5.88 Å². The van der Waals surface area contributed by atoms with Gasteiger partial charge in [0.1, 0.15) is 0 Å². The van der Waals surface area contributed by atoms with Gasteiger partial charge in [0.25, 0.3) is 11.7 Å². The van der Waals surface area contributed by atoms with Crippen molar-refractivity contribution in [3.8, 4) is 5.88 Å². The number of hydrogen-bond donors (Lipinski definition) is 2. The molecule has 0 aliphatic carbocycles. The van der Waals surface area contributed by atoms with E-state index in [0.29, 0.717) is 17.1 Å². The van der Waals surface area contributed by atoms with Crippen LogP contribution in [0.1, 0.15) is 21.6 Å². The summed E-state index contributed by atoms with van der Waals surface area (Å²) in [6.45, 7) is 2.01. The largest absolute Gasteiger partial charge is 0.481 e. The quantitative estimate of drug-likeness (QED) is 0.558. The van der Waals surface area contributed by atoms with E-state index in [2.05, 4.69) is 15.3 Å². The minimum Gasteiger partial charge on any atom is -0.481 e. The molecule has 2 N–H and O–H groups in total. The summed E-state index contributed by atoms with van der Waals surface area (Å²) < 4.78 is 4.98. The third-order valence-corrected chi connectivity index (χ3v) is 3.79. The van der Waals surface area contributed by atoms with Crippen LogP contribution < -0.4 is 10.1 Å². The number of amides is 1. The highest BCUT2D eigenvalue weighted by Gasteiger charge is 2.22. The Labute approximate surface area is 138 Å². The smallest absolute Gasteiger partial charge is 0.292 e. The molecule has 1 aromatic carbocycles. The van der Waals surface area contributed by atoms with Gasteiger partial charge in [0.2, 0.25) is 5.88 Å². The maximum atomic E-state index is 12.5. The number of ether oxygens (including phenoxy) is 1. The summed E-state index contributed by atoms with van der Waals surface area (Å²) in [5.74, 6) is -0.694. The van der Waals surface area contributed by atoms with E-state index in [0.717, 1.165) is 16.5 Å². The van der Waals surface area contributed by atoms with Gasteiger partial charge in [0.05, 0.1) is 12.7 Å². The van der Waals surface area contributed by atoms with E-state index >= 15 is 0 Å². The number of aryl methyl sites for hydroxylation is 1. The van der Waals surface area contributed by atoms with Crippen molar-refractivity contribution >= 4 is 22.6 Å². The Morgan fingerprint density at radius 2 is 2.00 bits per heavy atom. The lowest BCUT2D eigenvalue weighted by Gasteiger charge is -2.05. The molecule has 0 aliphatic rings. The van der Waals surface area contributed by atoms with Crippen LogP contribution >= 0.6 is 0 Å². The number of hydrogen-bond acceptors (Lipinski definition) is 4. The van der Waals surface area contributed by atoms with Gasteiger partial charge in [-0.1, -0.05) is 24.3 Å². The normalized spacial score (nSPS) is 10.6. The molecule has 0 unspecified atom stereocenters. The van der Waals surface area contributed by atoms with Gasteiger partial charge in [-0.2, -0.15) is 0 Å². The van der Waals surface area contributed by atoms with Crippen LogP contribution in [0.15, 0.2) is 42.6 Å². The maximum Gasteiger partial charge on any atom is 0.292 e. The average Bonchev–Trinajstić information content (AvgIpc) is 2.95. The van der Waals surface area contributed by atoms with E-state index in [1.807, 2.05) is 24.3 Å². The number of nitrogens with zero attached hydrogens (tertiary/aromatic N) is 1. The lowest BCUT2D eigenvalue weighted by molar-refractivity contribution is -0.117. The number of carbonyl (C=O) groups is 2. The summed E-state index contributed by atoms with van der Waals surface area (Å²) in [5.41, 5.74) is 2.72. The predicted octanol–water partition coefficient (Wildman–Crippen LogP) is 2.38. The van der Waals surface area contributed by atoms with Crippen molar-refractivity contribution in [2.75, 3.05) is 7.11 Å². The topological polar surface area (TPSA) is 84.1 Å². The molecule has 3 aromatic rings. The van der Waals surface area contributed by atoms with Crippen molar-refractivity contribution in [1.82, 2.24) is 15.3 Å². The van der Waals surface area contributed by atoms with Gasteiger partial charge in [-0.15, -0.1) is 0 Å². The van der Waals surface area contributed by atoms with Gasteiger partial charge in [0, 0.05) is 35.4 Å². The molecule has 2 aromatic heterocycles. The number of methoxy groups -OCH3 is 1. The SMILES string of the molecule is COc1ccc(CNC(=O)C(=O)c2c(C)[nH]c3ccccc23)cn1. The lowest BCUT2D eigenvalue weighted by Crippen LogP contribution is -2.30. The first-order chi connectivity index (χ1) is 11.6.